The van der Waals surface area contributed by atoms with Crippen molar-refractivity contribution in [2.45, 2.75) is 0 Å². The molecule has 0 fully saturated rings. The van der Waals surface area contributed by atoms with Gasteiger partial charge in [-0.2, -0.15) is 10.4 Å². The maximum atomic E-state index is 11.7. The lowest BCUT2D eigenvalue weighted by molar-refractivity contribution is 0.0591. The minimum atomic E-state index is -0.675. The van der Waals surface area contributed by atoms with E-state index in [1.54, 1.807) is 24.3 Å². The van der Waals surface area contributed by atoms with Gasteiger partial charge in [-0.05, 0) is 18.2 Å². The van der Waals surface area contributed by atoms with Crippen LogP contribution in [-0.4, -0.2) is 22.9 Å². The molecule has 1 heterocycles. The zero-order chi connectivity index (χ0) is 14.0. The maximum Gasteiger partial charge on any atom is 0.359 e. The van der Waals surface area contributed by atoms with Gasteiger partial charge in [0.25, 0.3) is 0 Å². The molecular weight excluding hydrogens is 268 g/mol. The number of halogens is 1. The molecule has 0 aliphatic heterocycles. The van der Waals surface area contributed by atoms with Crippen LogP contribution >= 0.6 is 11.6 Å². The summed E-state index contributed by atoms with van der Waals surface area (Å²) in [6.07, 6.45) is 0. The van der Waals surface area contributed by atoms with Crippen molar-refractivity contribution in [3.63, 3.8) is 0 Å². The Labute approximate surface area is 114 Å². The molecular formula is C12H9ClN4O2. The van der Waals surface area contributed by atoms with Crippen LogP contribution in [0.3, 0.4) is 0 Å². The van der Waals surface area contributed by atoms with Crippen molar-refractivity contribution in [2.24, 2.45) is 0 Å². The Balaban J connectivity index is 2.70. The van der Waals surface area contributed by atoms with Gasteiger partial charge in [0.05, 0.1) is 12.8 Å². The normalized spacial score (nSPS) is 9.95. The van der Waals surface area contributed by atoms with Gasteiger partial charge >= 0.3 is 5.97 Å². The molecule has 19 heavy (non-hydrogen) atoms. The third kappa shape index (κ3) is 2.23. The molecule has 1 aromatic heterocycles. The summed E-state index contributed by atoms with van der Waals surface area (Å²) in [5.41, 5.74) is 6.18. The molecule has 0 radical (unpaired) electrons. The second kappa shape index (κ2) is 5.00. The summed E-state index contributed by atoms with van der Waals surface area (Å²) in [7, 11) is 1.23. The molecule has 0 bridgehead atoms. The van der Waals surface area contributed by atoms with E-state index in [1.807, 2.05) is 6.07 Å². The fourth-order valence-corrected chi connectivity index (χ4v) is 1.79. The van der Waals surface area contributed by atoms with Crippen LogP contribution in [0.2, 0.25) is 5.02 Å². The average molecular weight is 277 g/mol. The Kier molecular flexibility index (Phi) is 3.40. The molecule has 2 N–H and O–H groups in total. The first-order valence-electron chi connectivity index (χ1n) is 5.21. The summed E-state index contributed by atoms with van der Waals surface area (Å²) in [6.45, 7) is 0. The van der Waals surface area contributed by atoms with Gasteiger partial charge in [-0.3, -0.25) is 0 Å². The number of anilines is 1. The summed E-state index contributed by atoms with van der Waals surface area (Å²) in [5.74, 6) is -0.675. The number of carbonyl (C=O) groups is 1. The number of nitrogens with zero attached hydrogens (tertiary/aromatic N) is 3. The number of nitrogen functional groups attached to an aromatic ring is 1. The van der Waals surface area contributed by atoms with Crippen LogP contribution in [0.25, 0.3) is 5.69 Å². The van der Waals surface area contributed by atoms with Crippen LogP contribution in [-0.2, 0) is 4.74 Å². The minimum absolute atomic E-state index is 0.00122. The number of carbonyl (C=O) groups excluding carboxylic acids is 1. The number of aromatic nitrogens is 2. The second-order valence-corrected chi connectivity index (χ2v) is 4.04. The maximum absolute atomic E-state index is 11.7. The predicted molar refractivity (Wildman–Crippen MR) is 69.0 cm³/mol. The van der Waals surface area contributed by atoms with E-state index >= 15 is 0 Å². The highest BCUT2D eigenvalue weighted by molar-refractivity contribution is 6.30. The van der Waals surface area contributed by atoms with Crippen molar-refractivity contribution in [1.29, 1.82) is 5.26 Å². The molecule has 0 aliphatic carbocycles. The number of nitriles is 1. The van der Waals surface area contributed by atoms with Gasteiger partial charge in [0, 0.05) is 5.02 Å². The summed E-state index contributed by atoms with van der Waals surface area (Å²) >= 11 is 5.89. The number of methoxy groups -OCH3 is 1. The van der Waals surface area contributed by atoms with Crippen molar-refractivity contribution < 1.29 is 9.53 Å². The van der Waals surface area contributed by atoms with Crippen LogP contribution in [0.1, 0.15) is 16.2 Å². The van der Waals surface area contributed by atoms with Gasteiger partial charge in [-0.25, -0.2) is 9.48 Å². The summed E-state index contributed by atoms with van der Waals surface area (Å²) in [6, 6.07) is 8.49. The Hall–Kier alpha value is -2.52. The van der Waals surface area contributed by atoms with E-state index < -0.39 is 5.97 Å². The van der Waals surface area contributed by atoms with Gasteiger partial charge in [-0.1, -0.05) is 17.7 Å². The molecule has 96 valence electrons. The van der Waals surface area contributed by atoms with Gasteiger partial charge in [0.2, 0.25) is 0 Å². The van der Waals surface area contributed by atoms with E-state index in [2.05, 4.69) is 9.84 Å². The molecule has 1 aromatic carbocycles. The van der Waals surface area contributed by atoms with Gasteiger partial charge < -0.3 is 10.5 Å². The zero-order valence-corrected chi connectivity index (χ0v) is 10.7. The van der Waals surface area contributed by atoms with Crippen molar-refractivity contribution >= 4 is 23.3 Å². The van der Waals surface area contributed by atoms with Crippen LogP contribution in [0.4, 0.5) is 5.69 Å². The van der Waals surface area contributed by atoms with Crippen LogP contribution < -0.4 is 5.73 Å². The molecule has 0 amide bonds. The van der Waals surface area contributed by atoms with Crippen molar-refractivity contribution in [2.75, 3.05) is 12.8 Å². The molecule has 0 saturated carbocycles. The first kappa shape index (κ1) is 12.9. The lowest BCUT2D eigenvalue weighted by atomic mass is 10.3. The number of nitrogens with two attached hydrogens (primary N) is 1. The van der Waals surface area contributed by atoms with E-state index in [-0.39, 0.29) is 17.1 Å². The van der Waals surface area contributed by atoms with Gasteiger partial charge in [0.1, 0.15) is 11.8 Å². The highest BCUT2D eigenvalue weighted by Gasteiger charge is 2.23. The molecule has 0 spiro atoms. The van der Waals surface area contributed by atoms with Gasteiger partial charge in [0.15, 0.2) is 11.4 Å². The Morgan fingerprint density at radius 3 is 2.89 bits per heavy atom. The molecule has 0 atom stereocenters. The Morgan fingerprint density at radius 2 is 2.32 bits per heavy atom. The number of hydrogen-bond donors (Lipinski definition) is 1. The largest absolute Gasteiger partial charge is 0.464 e. The predicted octanol–water partition coefficient (Wildman–Crippen LogP) is 1.77. The summed E-state index contributed by atoms with van der Waals surface area (Å²) in [5, 5.41) is 13.4. The molecule has 0 aliphatic rings. The summed E-state index contributed by atoms with van der Waals surface area (Å²) in [4.78, 5) is 11.7. The van der Waals surface area contributed by atoms with E-state index in [1.165, 1.54) is 11.8 Å². The number of hydrogen-bond acceptors (Lipinski definition) is 5. The molecule has 2 rings (SSSR count). The summed E-state index contributed by atoms with van der Waals surface area (Å²) < 4.78 is 5.89. The highest BCUT2D eigenvalue weighted by Crippen LogP contribution is 2.23. The first-order valence-corrected chi connectivity index (χ1v) is 5.59. The van der Waals surface area contributed by atoms with Crippen LogP contribution in [0.5, 0.6) is 0 Å². The monoisotopic (exact) mass is 276 g/mol. The van der Waals surface area contributed by atoms with E-state index in [9.17, 15) is 4.79 Å². The molecule has 6 nitrogen and oxygen atoms in total. The molecule has 2 aromatic rings. The third-order valence-electron chi connectivity index (χ3n) is 2.46. The Bertz CT molecular complexity index is 688. The zero-order valence-electron chi connectivity index (χ0n) is 9.92. The quantitative estimate of drug-likeness (QED) is 0.844. The van der Waals surface area contributed by atoms with E-state index in [0.717, 1.165) is 0 Å². The number of rotatable bonds is 2. The standard InChI is InChI=1S/C12H9ClN4O2/c1-19-12(18)11-10(15)9(6-14)16-17(11)8-4-2-3-7(13)5-8/h2-5H,15H2,1H3. The number of esters is 1. The lowest BCUT2D eigenvalue weighted by Crippen LogP contribution is -2.12. The molecule has 0 saturated heterocycles. The topological polar surface area (TPSA) is 93.9 Å². The smallest absolute Gasteiger partial charge is 0.359 e. The second-order valence-electron chi connectivity index (χ2n) is 3.61. The van der Waals surface area contributed by atoms with Crippen molar-refractivity contribution in [3.05, 3.63) is 40.7 Å². The van der Waals surface area contributed by atoms with Crippen LogP contribution in [0, 0.1) is 11.3 Å². The van der Waals surface area contributed by atoms with E-state index in [0.29, 0.717) is 10.7 Å². The number of ether oxygens (including phenoxy) is 1. The van der Waals surface area contributed by atoms with E-state index in [4.69, 9.17) is 22.6 Å². The average Bonchev–Trinajstić information content (AvgIpc) is 2.75. The fraction of sp³-hybridized carbons (Fsp3) is 0.0833. The molecule has 0 unspecified atom stereocenters. The Morgan fingerprint density at radius 1 is 1.58 bits per heavy atom. The van der Waals surface area contributed by atoms with Crippen molar-refractivity contribution in [3.8, 4) is 11.8 Å². The third-order valence-corrected chi connectivity index (χ3v) is 2.69. The minimum Gasteiger partial charge on any atom is -0.464 e. The number of benzene rings is 1. The fourth-order valence-electron chi connectivity index (χ4n) is 1.60. The van der Waals surface area contributed by atoms with Gasteiger partial charge in [-0.15, -0.1) is 0 Å². The SMILES string of the molecule is COC(=O)c1c(N)c(C#N)nn1-c1cccc(Cl)c1. The van der Waals surface area contributed by atoms with Crippen LogP contribution in [0.15, 0.2) is 24.3 Å². The molecule has 7 heteroatoms. The van der Waals surface area contributed by atoms with Crippen molar-refractivity contribution in [1.82, 2.24) is 9.78 Å². The first-order chi connectivity index (χ1) is 9.08. The highest BCUT2D eigenvalue weighted by atomic mass is 35.5. The lowest BCUT2D eigenvalue weighted by Gasteiger charge is -2.06.